The van der Waals surface area contributed by atoms with E-state index in [1.807, 2.05) is 0 Å². The first-order valence-corrected chi connectivity index (χ1v) is 6.59. The highest BCUT2D eigenvalue weighted by Crippen LogP contribution is 2.06. The van der Waals surface area contributed by atoms with Gasteiger partial charge in [-0.25, -0.2) is 0 Å². The average molecular weight is 234 g/mol. The van der Waals surface area contributed by atoms with Crippen molar-refractivity contribution in [2.75, 3.05) is 20.1 Å². The summed E-state index contributed by atoms with van der Waals surface area (Å²) in [5, 5.41) is 3.45. The van der Waals surface area contributed by atoms with E-state index in [4.69, 9.17) is 0 Å². The minimum atomic E-state index is 0.612. The van der Waals surface area contributed by atoms with Crippen molar-refractivity contribution >= 4 is 0 Å². The molecule has 0 radical (unpaired) electrons. The van der Waals surface area contributed by atoms with Crippen molar-refractivity contribution in [3.8, 4) is 0 Å². The number of rotatable bonds is 7. The van der Waals surface area contributed by atoms with Gasteiger partial charge >= 0.3 is 0 Å². The standard InChI is InChI=1S/C15H26N2/c1-5-16-14(3)10-11-17(4)12-15-8-6-13(2)7-9-15/h6-9,14,16H,5,10-12H2,1-4H3. The summed E-state index contributed by atoms with van der Waals surface area (Å²) in [4.78, 5) is 2.39. The van der Waals surface area contributed by atoms with Gasteiger partial charge in [-0.15, -0.1) is 0 Å². The summed E-state index contributed by atoms with van der Waals surface area (Å²) < 4.78 is 0. The van der Waals surface area contributed by atoms with E-state index in [9.17, 15) is 0 Å². The molecule has 2 nitrogen and oxygen atoms in total. The zero-order chi connectivity index (χ0) is 12.7. The van der Waals surface area contributed by atoms with Crippen LogP contribution in [-0.4, -0.2) is 31.1 Å². The van der Waals surface area contributed by atoms with Crippen LogP contribution in [0.2, 0.25) is 0 Å². The van der Waals surface area contributed by atoms with Crippen LogP contribution >= 0.6 is 0 Å². The number of nitrogens with one attached hydrogen (secondary N) is 1. The molecule has 0 aromatic heterocycles. The molecule has 0 heterocycles. The fraction of sp³-hybridized carbons (Fsp3) is 0.600. The molecular formula is C15H26N2. The quantitative estimate of drug-likeness (QED) is 0.780. The van der Waals surface area contributed by atoms with E-state index in [1.54, 1.807) is 0 Å². The van der Waals surface area contributed by atoms with E-state index in [0.29, 0.717) is 6.04 Å². The molecule has 0 amide bonds. The van der Waals surface area contributed by atoms with E-state index in [0.717, 1.165) is 19.6 Å². The van der Waals surface area contributed by atoms with Crippen molar-refractivity contribution < 1.29 is 0 Å². The van der Waals surface area contributed by atoms with Gasteiger partial charge in [-0.1, -0.05) is 36.8 Å². The number of hydrogen-bond donors (Lipinski definition) is 1. The molecule has 1 rings (SSSR count). The molecule has 1 unspecified atom stereocenters. The monoisotopic (exact) mass is 234 g/mol. The smallest absolute Gasteiger partial charge is 0.0230 e. The SMILES string of the molecule is CCNC(C)CCN(C)Cc1ccc(C)cc1. The van der Waals surface area contributed by atoms with E-state index in [-0.39, 0.29) is 0 Å². The Balaban J connectivity index is 2.29. The minimum absolute atomic E-state index is 0.612. The second kappa shape index (κ2) is 7.46. The average Bonchev–Trinajstić information content (AvgIpc) is 2.30. The third kappa shape index (κ3) is 5.85. The Bertz CT molecular complexity index is 305. The molecule has 96 valence electrons. The predicted molar refractivity (Wildman–Crippen MR) is 75.3 cm³/mol. The van der Waals surface area contributed by atoms with Crippen molar-refractivity contribution in [1.29, 1.82) is 0 Å². The molecule has 0 saturated carbocycles. The largest absolute Gasteiger partial charge is 0.314 e. The van der Waals surface area contributed by atoms with Crippen LogP contribution in [0.15, 0.2) is 24.3 Å². The van der Waals surface area contributed by atoms with Crippen LogP contribution in [0.1, 0.15) is 31.4 Å². The second-order valence-electron chi connectivity index (χ2n) is 4.97. The maximum absolute atomic E-state index is 3.45. The van der Waals surface area contributed by atoms with Gasteiger partial charge in [0.1, 0.15) is 0 Å². The summed E-state index contributed by atoms with van der Waals surface area (Å²) in [5.41, 5.74) is 2.73. The van der Waals surface area contributed by atoms with Crippen LogP contribution in [0.5, 0.6) is 0 Å². The third-order valence-corrected chi connectivity index (χ3v) is 3.07. The van der Waals surface area contributed by atoms with Gasteiger partial charge in [-0.05, 0) is 46.0 Å². The van der Waals surface area contributed by atoms with Crippen molar-refractivity contribution in [1.82, 2.24) is 10.2 Å². The van der Waals surface area contributed by atoms with E-state index in [1.165, 1.54) is 17.5 Å². The maximum atomic E-state index is 3.45. The first-order chi connectivity index (χ1) is 8.11. The molecule has 17 heavy (non-hydrogen) atoms. The summed E-state index contributed by atoms with van der Waals surface area (Å²) in [6.07, 6.45) is 1.20. The van der Waals surface area contributed by atoms with E-state index < -0.39 is 0 Å². The van der Waals surface area contributed by atoms with Crippen LogP contribution in [0.4, 0.5) is 0 Å². The zero-order valence-electron chi connectivity index (χ0n) is 11.7. The first-order valence-electron chi connectivity index (χ1n) is 6.59. The highest BCUT2D eigenvalue weighted by Gasteiger charge is 2.04. The Kier molecular flexibility index (Phi) is 6.23. The van der Waals surface area contributed by atoms with Crippen molar-refractivity contribution in [2.24, 2.45) is 0 Å². The molecule has 1 N–H and O–H groups in total. The molecule has 1 aromatic rings. The molecule has 1 atom stereocenters. The summed E-state index contributed by atoms with van der Waals surface area (Å²) >= 11 is 0. The number of benzene rings is 1. The number of nitrogens with zero attached hydrogens (tertiary/aromatic N) is 1. The zero-order valence-corrected chi connectivity index (χ0v) is 11.7. The van der Waals surface area contributed by atoms with E-state index in [2.05, 4.69) is 62.3 Å². The Morgan fingerprint density at radius 3 is 2.47 bits per heavy atom. The third-order valence-electron chi connectivity index (χ3n) is 3.07. The van der Waals surface area contributed by atoms with Gasteiger partial charge in [-0.3, -0.25) is 0 Å². The molecule has 0 fully saturated rings. The summed E-state index contributed by atoms with van der Waals surface area (Å²) in [7, 11) is 2.19. The van der Waals surface area contributed by atoms with Crippen LogP contribution in [-0.2, 0) is 6.54 Å². The molecule has 2 heteroatoms. The lowest BCUT2D eigenvalue weighted by Gasteiger charge is -2.20. The lowest BCUT2D eigenvalue weighted by Crippen LogP contribution is -2.30. The van der Waals surface area contributed by atoms with Crippen molar-refractivity contribution in [3.63, 3.8) is 0 Å². The maximum Gasteiger partial charge on any atom is 0.0230 e. The van der Waals surface area contributed by atoms with Crippen LogP contribution in [0, 0.1) is 6.92 Å². The van der Waals surface area contributed by atoms with Gasteiger partial charge < -0.3 is 10.2 Å². The molecule has 0 aliphatic rings. The fourth-order valence-electron chi connectivity index (χ4n) is 1.95. The van der Waals surface area contributed by atoms with Crippen LogP contribution in [0.3, 0.4) is 0 Å². The van der Waals surface area contributed by atoms with Crippen LogP contribution in [0.25, 0.3) is 0 Å². The molecule has 0 aliphatic heterocycles. The lowest BCUT2D eigenvalue weighted by molar-refractivity contribution is 0.304. The number of hydrogen-bond acceptors (Lipinski definition) is 2. The highest BCUT2D eigenvalue weighted by molar-refractivity contribution is 5.21. The molecule has 0 spiro atoms. The summed E-state index contributed by atoms with van der Waals surface area (Å²) in [6, 6.07) is 9.43. The van der Waals surface area contributed by atoms with Crippen LogP contribution < -0.4 is 5.32 Å². The van der Waals surface area contributed by atoms with Crippen molar-refractivity contribution in [3.05, 3.63) is 35.4 Å². The molecule has 0 bridgehead atoms. The van der Waals surface area contributed by atoms with E-state index >= 15 is 0 Å². The van der Waals surface area contributed by atoms with Gasteiger partial charge in [0.05, 0.1) is 0 Å². The Labute approximate surface area is 106 Å². The molecule has 1 aromatic carbocycles. The normalized spacial score (nSPS) is 13.0. The lowest BCUT2D eigenvalue weighted by atomic mass is 10.1. The van der Waals surface area contributed by atoms with Crippen molar-refractivity contribution in [2.45, 2.75) is 39.8 Å². The van der Waals surface area contributed by atoms with Gasteiger partial charge in [0, 0.05) is 12.6 Å². The first kappa shape index (κ1) is 14.2. The molecular weight excluding hydrogens is 208 g/mol. The van der Waals surface area contributed by atoms with Gasteiger partial charge in [0.25, 0.3) is 0 Å². The second-order valence-corrected chi connectivity index (χ2v) is 4.97. The van der Waals surface area contributed by atoms with Gasteiger partial charge in [0.2, 0.25) is 0 Å². The fourth-order valence-corrected chi connectivity index (χ4v) is 1.95. The predicted octanol–water partition coefficient (Wildman–Crippen LogP) is 2.81. The molecule has 0 saturated heterocycles. The Morgan fingerprint density at radius 2 is 1.88 bits per heavy atom. The Hall–Kier alpha value is -0.860. The summed E-state index contributed by atoms with van der Waals surface area (Å²) in [5.74, 6) is 0. The highest BCUT2D eigenvalue weighted by atomic mass is 15.1. The topological polar surface area (TPSA) is 15.3 Å². The molecule has 0 aliphatic carbocycles. The minimum Gasteiger partial charge on any atom is -0.314 e. The van der Waals surface area contributed by atoms with Gasteiger partial charge in [0.15, 0.2) is 0 Å². The summed E-state index contributed by atoms with van der Waals surface area (Å²) in [6.45, 7) is 9.78. The number of aryl methyl sites for hydroxylation is 1. The van der Waals surface area contributed by atoms with Gasteiger partial charge in [-0.2, -0.15) is 0 Å². The Morgan fingerprint density at radius 1 is 1.24 bits per heavy atom.